The summed E-state index contributed by atoms with van der Waals surface area (Å²) in [4.78, 5) is 0. The van der Waals surface area contributed by atoms with E-state index in [-0.39, 0.29) is 0 Å². The van der Waals surface area contributed by atoms with E-state index in [0.29, 0.717) is 11.5 Å². The quantitative estimate of drug-likeness (QED) is 0.819. The van der Waals surface area contributed by atoms with Gasteiger partial charge in [-0.25, -0.2) is 0 Å². The number of aryl methyl sites for hydroxylation is 2. The van der Waals surface area contributed by atoms with E-state index < -0.39 is 0 Å². The van der Waals surface area contributed by atoms with Gasteiger partial charge in [0.1, 0.15) is 0 Å². The Labute approximate surface area is 123 Å². The maximum absolute atomic E-state index is 3.73. The van der Waals surface area contributed by atoms with Gasteiger partial charge in [0.25, 0.3) is 0 Å². The Kier molecular flexibility index (Phi) is 4.32. The molecule has 1 heterocycles. The van der Waals surface area contributed by atoms with Gasteiger partial charge in [0, 0.05) is 16.3 Å². The van der Waals surface area contributed by atoms with Crippen LogP contribution in [-0.2, 0) is 0 Å². The third kappa shape index (κ3) is 3.45. The van der Waals surface area contributed by atoms with Crippen LogP contribution in [0.15, 0.2) is 16.6 Å². The molecule has 100 valence electrons. The van der Waals surface area contributed by atoms with E-state index in [9.17, 15) is 0 Å². The molecule has 1 aromatic carbocycles. The molecule has 0 spiro atoms. The second kappa shape index (κ2) is 5.46. The molecule has 0 aromatic heterocycles. The molecular formula is C15H22BrNS. The highest BCUT2D eigenvalue weighted by atomic mass is 79.9. The Morgan fingerprint density at radius 3 is 2.67 bits per heavy atom. The summed E-state index contributed by atoms with van der Waals surface area (Å²) in [6.45, 7) is 9.05. The first-order valence-electron chi connectivity index (χ1n) is 6.48. The smallest absolute Gasteiger partial charge is 0.0516 e. The molecule has 1 fully saturated rings. The molecule has 1 aliphatic heterocycles. The van der Waals surface area contributed by atoms with Crippen molar-refractivity contribution >= 4 is 33.4 Å². The van der Waals surface area contributed by atoms with Crippen LogP contribution in [0.4, 0.5) is 5.69 Å². The van der Waals surface area contributed by atoms with E-state index in [1.54, 1.807) is 0 Å². The lowest BCUT2D eigenvalue weighted by atomic mass is 9.87. The summed E-state index contributed by atoms with van der Waals surface area (Å²) in [7, 11) is 0. The average Bonchev–Trinajstić information content (AvgIpc) is 2.22. The molecule has 1 N–H and O–H groups in total. The Hall–Kier alpha value is -0.150. The third-order valence-corrected chi connectivity index (χ3v) is 5.64. The van der Waals surface area contributed by atoms with Crippen molar-refractivity contribution in [3.8, 4) is 0 Å². The second-order valence-corrected chi connectivity index (χ2v) is 8.05. The van der Waals surface area contributed by atoms with Gasteiger partial charge in [-0.15, -0.1) is 0 Å². The summed E-state index contributed by atoms with van der Waals surface area (Å²) in [6, 6.07) is 5.02. The number of hydrogen-bond acceptors (Lipinski definition) is 2. The molecule has 3 heteroatoms. The molecule has 1 nitrogen and oxygen atoms in total. The molecule has 1 saturated heterocycles. The minimum atomic E-state index is 0.450. The van der Waals surface area contributed by atoms with Crippen LogP contribution >= 0.6 is 27.7 Å². The SMILES string of the molecule is Cc1cc(C)c(NC2CSCC(C)(C)C2)c(Br)c1. The summed E-state index contributed by atoms with van der Waals surface area (Å²) >= 11 is 5.75. The number of thioether (sulfide) groups is 1. The van der Waals surface area contributed by atoms with Gasteiger partial charge in [0.2, 0.25) is 0 Å². The molecule has 0 radical (unpaired) electrons. The van der Waals surface area contributed by atoms with Crippen LogP contribution in [0.3, 0.4) is 0 Å². The number of benzene rings is 1. The van der Waals surface area contributed by atoms with Crippen LogP contribution < -0.4 is 5.32 Å². The lowest BCUT2D eigenvalue weighted by Crippen LogP contribution is -2.35. The maximum Gasteiger partial charge on any atom is 0.0516 e. The van der Waals surface area contributed by atoms with Crippen LogP contribution in [0.5, 0.6) is 0 Å². The Morgan fingerprint density at radius 2 is 2.06 bits per heavy atom. The molecule has 2 rings (SSSR count). The minimum Gasteiger partial charge on any atom is -0.380 e. The number of rotatable bonds is 2. The van der Waals surface area contributed by atoms with Crippen LogP contribution in [0.25, 0.3) is 0 Å². The molecule has 0 bridgehead atoms. The number of nitrogens with one attached hydrogen (secondary N) is 1. The monoisotopic (exact) mass is 327 g/mol. The fraction of sp³-hybridized carbons (Fsp3) is 0.600. The van der Waals surface area contributed by atoms with Gasteiger partial charge in [-0.05, 0) is 64.6 Å². The molecule has 1 aromatic rings. The number of halogens is 1. The fourth-order valence-corrected chi connectivity index (χ4v) is 4.72. The summed E-state index contributed by atoms with van der Waals surface area (Å²) in [5.41, 5.74) is 4.36. The highest BCUT2D eigenvalue weighted by molar-refractivity contribution is 9.10. The van der Waals surface area contributed by atoms with Gasteiger partial charge < -0.3 is 5.32 Å². The van der Waals surface area contributed by atoms with Crippen LogP contribution in [-0.4, -0.2) is 17.5 Å². The summed E-state index contributed by atoms with van der Waals surface area (Å²) in [6.07, 6.45) is 1.25. The lowest BCUT2D eigenvalue weighted by Gasteiger charge is -2.36. The number of anilines is 1. The lowest BCUT2D eigenvalue weighted by molar-refractivity contribution is 0.358. The van der Waals surface area contributed by atoms with Crippen molar-refractivity contribution in [2.45, 2.75) is 40.2 Å². The Bertz CT molecular complexity index is 419. The van der Waals surface area contributed by atoms with E-state index in [1.807, 2.05) is 0 Å². The van der Waals surface area contributed by atoms with Gasteiger partial charge in [-0.2, -0.15) is 11.8 Å². The van der Waals surface area contributed by atoms with Crippen molar-refractivity contribution in [2.24, 2.45) is 5.41 Å². The van der Waals surface area contributed by atoms with E-state index in [0.717, 1.165) is 0 Å². The largest absolute Gasteiger partial charge is 0.380 e. The van der Waals surface area contributed by atoms with E-state index >= 15 is 0 Å². The van der Waals surface area contributed by atoms with Gasteiger partial charge in [-0.1, -0.05) is 19.9 Å². The van der Waals surface area contributed by atoms with E-state index in [1.165, 1.54) is 39.2 Å². The van der Waals surface area contributed by atoms with E-state index in [2.05, 4.69) is 72.8 Å². The topological polar surface area (TPSA) is 12.0 Å². The maximum atomic E-state index is 3.73. The first-order valence-corrected chi connectivity index (χ1v) is 8.43. The zero-order valence-electron chi connectivity index (χ0n) is 11.6. The Morgan fingerprint density at radius 1 is 1.33 bits per heavy atom. The van der Waals surface area contributed by atoms with Crippen molar-refractivity contribution in [3.05, 3.63) is 27.7 Å². The van der Waals surface area contributed by atoms with Crippen LogP contribution in [0, 0.1) is 19.3 Å². The van der Waals surface area contributed by atoms with Gasteiger partial charge >= 0.3 is 0 Å². The molecule has 1 atom stereocenters. The van der Waals surface area contributed by atoms with Crippen molar-refractivity contribution in [1.82, 2.24) is 0 Å². The molecule has 18 heavy (non-hydrogen) atoms. The Balaban J connectivity index is 2.14. The van der Waals surface area contributed by atoms with Gasteiger partial charge in [0.05, 0.1) is 5.69 Å². The van der Waals surface area contributed by atoms with Crippen molar-refractivity contribution in [2.75, 3.05) is 16.8 Å². The summed E-state index contributed by atoms with van der Waals surface area (Å²) in [5.74, 6) is 2.49. The first-order chi connectivity index (χ1) is 8.37. The van der Waals surface area contributed by atoms with Gasteiger partial charge in [-0.3, -0.25) is 0 Å². The molecule has 1 aliphatic rings. The van der Waals surface area contributed by atoms with Crippen LogP contribution in [0.1, 0.15) is 31.4 Å². The van der Waals surface area contributed by atoms with Crippen molar-refractivity contribution in [3.63, 3.8) is 0 Å². The average molecular weight is 328 g/mol. The molecule has 0 aliphatic carbocycles. The predicted octanol–water partition coefficient (Wildman–Crippen LogP) is 5.01. The predicted molar refractivity (Wildman–Crippen MR) is 86.7 cm³/mol. The highest BCUT2D eigenvalue weighted by Crippen LogP contribution is 2.36. The summed E-state index contributed by atoms with van der Waals surface area (Å²) in [5, 5.41) is 3.73. The number of hydrogen-bond donors (Lipinski definition) is 1. The van der Waals surface area contributed by atoms with Crippen LogP contribution in [0.2, 0.25) is 0 Å². The first kappa shape index (κ1) is 14.3. The van der Waals surface area contributed by atoms with Gasteiger partial charge in [0.15, 0.2) is 0 Å². The zero-order chi connectivity index (χ0) is 13.3. The van der Waals surface area contributed by atoms with E-state index in [4.69, 9.17) is 0 Å². The molecular weight excluding hydrogens is 306 g/mol. The second-order valence-electron chi connectivity index (χ2n) is 6.16. The zero-order valence-corrected chi connectivity index (χ0v) is 14.0. The van der Waals surface area contributed by atoms with Crippen molar-refractivity contribution < 1.29 is 0 Å². The summed E-state index contributed by atoms with van der Waals surface area (Å²) < 4.78 is 1.19. The molecule has 1 unspecified atom stereocenters. The molecule has 0 amide bonds. The standard InChI is InChI=1S/C15H22BrNS/c1-10-5-11(2)14(13(16)6-10)17-12-7-15(3,4)9-18-8-12/h5-6,12,17H,7-9H2,1-4H3. The highest BCUT2D eigenvalue weighted by Gasteiger charge is 2.28. The molecule has 0 saturated carbocycles. The fourth-order valence-electron chi connectivity index (χ4n) is 2.66. The van der Waals surface area contributed by atoms with Crippen molar-refractivity contribution in [1.29, 1.82) is 0 Å². The third-order valence-electron chi connectivity index (χ3n) is 3.39. The minimum absolute atomic E-state index is 0.450. The normalized spacial score (nSPS) is 22.8.